The van der Waals surface area contributed by atoms with Crippen LogP contribution in [0.1, 0.15) is 30.4 Å². The van der Waals surface area contributed by atoms with Gasteiger partial charge in [-0.2, -0.15) is 0 Å². The second-order valence-corrected chi connectivity index (χ2v) is 6.51. The van der Waals surface area contributed by atoms with Crippen molar-refractivity contribution in [1.82, 2.24) is 10.1 Å². The third kappa shape index (κ3) is 4.37. The molecule has 2 unspecified atom stereocenters. The van der Waals surface area contributed by atoms with E-state index < -0.39 is 0 Å². The first-order valence-electron chi connectivity index (χ1n) is 7.02. The number of rotatable bonds is 5. The number of nitrogens with zero attached hydrogens (tertiary/aromatic N) is 2. The van der Waals surface area contributed by atoms with Gasteiger partial charge in [0.05, 0.1) is 11.4 Å². The summed E-state index contributed by atoms with van der Waals surface area (Å²) >= 11 is 1.62. The van der Waals surface area contributed by atoms with Crippen LogP contribution in [-0.4, -0.2) is 40.8 Å². The Hall–Kier alpha value is -0.720. The lowest BCUT2D eigenvalue weighted by Crippen LogP contribution is -2.35. The van der Waals surface area contributed by atoms with Crippen molar-refractivity contribution in [2.24, 2.45) is 11.7 Å². The van der Waals surface area contributed by atoms with Crippen LogP contribution in [0.15, 0.2) is 4.52 Å². The molecule has 0 aromatic carbocycles. The molecule has 1 saturated heterocycles. The monoisotopic (exact) mass is 333 g/mol. The SMILES string of the molecule is Cc1noc(C)c1CSCC(=O)N1CC(CN)CC1C.Cl. The maximum Gasteiger partial charge on any atom is 0.232 e. The van der Waals surface area contributed by atoms with Gasteiger partial charge in [0.1, 0.15) is 5.76 Å². The number of thioether (sulfide) groups is 1. The summed E-state index contributed by atoms with van der Waals surface area (Å²) in [5, 5.41) is 3.93. The fourth-order valence-electron chi connectivity index (χ4n) is 2.69. The van der Waals surface area contributed by atoms with Crippen molar-refractivity contribution in [3.05, 3.63) is 17.0 Å². The normalized spacial score (nSPS) is 21.4. The van der Waals surface area contributed by atoms with Crippen LogP contribution in [0.25, 0.3) is 0 Å². The summed E-state index contributed by atoms with van der Waals surface area (Å²) in [4.78, 5) is 14.2. The van der Waals surface area contributed by atoms with Gasteiger partial charge in [0.2, 0.25) is 5.91 Å². The zero-order valence-corrected chi connectivity index (χ0v) is 14.4. The Morgan fingerprint density at radius 1 is 1.52 bits per heavy atom. The third-order valence-electron chi connectivity index (χ3n) is 3.97. The van der Waals surface area contributed by atoms with Gasteiger partial charge in [-0.3, -0.25) is 4.79 Å². The van der Waals surface area contributed by atoms with Crippen molar-refractivity contribution in [1.29, 1.82) is 0 Å². The summed E-state index contributed by atoms with van der Waals surface area (Å²) in [7, 11) is 0. The maximum atomic E-state index is 12.2. The first-order chi connectivity index (χ1) is 9.52. The molecule has 0 spiro atoms. The van der Waals surface area contributed by atoms with Crippen LogP contribution in [0.3, 0.4) is 0 Å². The Morgan fingerprint density at radius 3 is 2.76 bits per heavy atom. The molecule has 2 N–H and O–H groups in total. The smallest absolute Gasteiger partial charge is 0.232 e. The van der Waals surface area contributed by atoms with Gasteiger partial charge in [0.15, 0.2) is 0 Å². The van der Waals surface area contributed by atoms with Gasteiger partial charge >= 0.3 is 0 Å². The highest BCUT2D eigenvalue weighted by Crippen LogP contribution is 2.24. The molecule has 1 amide bonds. The Morgan fingerprint density at radius 2 is 2.24 bits per heavy atom. The largest absolute Gasteiger partial charge is 0.361 e. The molecular weight excluding hydrogens is 310 g/mol. The molecule has 1 aromatic heterocycles. The molecule has 5 nitrogen and oxygen atoms in total. The number of likely N-dealkylation sites (tertiary alicyclic amines) is 1. The minimum absolute atomic E-state index is 0. The fraction of sp³-hybridized carbons (Fsp3) is 0.714. The molecular formula is C14H24ClN3O2S. The molecule has 2 rings (SSSR count). The third-order valence-corrected chi connectivity index (χ3v) is 4.91. The summed E-state index contributed by atoms with van der Waals surface area (Å²) in [6, 6.07) is 0.315. The van der Waals surface area contributed by atoms with Gasteiger partial charge in [0.25, 0.3) is 0 Å². The van der Waals surface area contributed by atoms with E-state index in [2.05, 4.69) is 12.1 Å². The Bertz CT molecular complexity index is 461. The topological polar surface area (TPSA) is 72.4 Å². The Kier molecular flexibility index (Phi) is 7.03. The van der Waals surface area contributed by atoms with Gasteiger partial charge in [-0.1, -0.05) is 5.16 Å². The van der Waals surface area contributed by atoms with Crippen LogP contribution in [0.2, 0.25) is 0 Å². The molecule has 7 heteroatoms. The fourth-order valence-corrected chi connectivity index (χ4v) is 3.75. The number of carbonyl (C=O) groups excluding carboxylic acids is 1. The molecule has 0 radical (unpaired) electrons. The number of aromatic nitrogens is 1. The van der Waals surface area contributed by atoms with Crippen molar-refractivity contribution >= 4 is 30.1 Å². The molecule has 1 aromatic rings. The minimum atomic E-state index is 0. The van der Waals surface area contributed by atoms with Crippen LogP contribution < -0.4 is 5.73 Å². The van der Waals surface area contributed by atoms with Crippen molar-refractivity contribution in [2.45, 2.75) is 39.0 Å². The highest BCUT2D eigenvalue weighted by atomic mass is 35.5. The van der Waals surface area contributed by atoms with E-state index in [1.807, 2.05) is 18.7 Å². The minimum Gasteiger partial charge on any atom is -0.361 e. The quantitative estimate of drug-likeness (QED) is 0.893. The van der Waals surface area contributed by atoms with Crippen molar-refractivity contribution in [3.8, 4) is 0 Å². The first kappa shape index (κ1) is 18.3. The molecule has 0 saturated carbocycles. The molecule has 0 aliphatic carbocycles. The van der Waals surface area contributed by atoms with Crippen molar-refractivity contribution in [2.75, 3.05) is 18.8 Å². The standard InChI is InChI=1S/C14H23N3O2S.ClH/c1-9-4-12(5-15)6-17(9)14(18)8-20-7-13-10(2)16-19-11(13)3;/h9,12H,4-8,15H2,1-3H3;1H. The second-order valence-electron chi connectivity index (χ2n) is 5.53. The van der Waals surface area contributed by atoms with Crippen LogP contribution in [0.4, 0.5) is 0 Å². The predicted octanol–water partition coefficient (Wildman–Crippen LogP) is 2.14. The Labute approximate surface area is 136 Å². The summed E-state index contributed by atoms with van der Waals surface area (Å²) in [6.45, 7) is 7.42. The lowest BCUT2D eigenvalue weighted by Gasteiger charge is -2.21. The van der Waals surface area contributed by atoms with E-state index in [4.69, 9.17) is 10.3 Å². The molecule has 1 fully saturated rings. The number of hydrogen-bond donors (Lipinski definition) is 1. The highest BCUT2D eigenvalue weighted by Gasteiger charge is 2.31. The summed E-state index contributed by atoms with van der Waals surface area (Å²) < 4.78 is 5.13. The van der Waals surface area contributed by atoms with Gasteiger partial charge in [-0.05, 0) is 39.7 Å². The van der Waals surface area contributed by atoms with Crippen molar-refractivity contribution < 1.29 is 9.32 Å². The molecule has 1 aliphatic heterocycles. The lowest BCUT2D eigenvalue weighted by atomic mass is 10.1. The van der Waals surface area contributed by atoms with Crippen molar-refractivity contribution in [3.63, 3.8) is 0 Å². The lowest BCUT2D eigenvalue weighted by molar-refractivity contribution is -0.128. The number of aryl methyl sites for hydroxylation is 2. The number of nitrogens with two attached hydrogens (primary N) is 1. The summed E-state index contributed by atoms with van der Waals surface area (Å²) in [5.74, 6) is 2.80. The van der Waals surface area contributed by atoms with Crippen LogP contribution >= 0.6 is 24.2 Å². The van der Waals surface area contributed by atoms with E-state index >= 15 is 0 Å². The summed E-state index contributed by atoms with van der Waals surface area (Å²) in [5.41, 5.74) is 7.72. The van der Waals surface area contributed by atoms with Gasteiger partial charge in [-0.15, -0.1) is 24.2 Å². The Balaban J connectivity index is 0.00000220. The van der Waals surface area contributed by atoms with Gasteiger partial charge in [-0.25, -0.2) is 0 Å². The van der Waals surface area contributed by atoms with E-state index in [1.165, 1.54) is 0 Å². The van der Waals surface area contributed by atoms with Crippen LogP contribution in [-0.2, 0) is 10.5 Å². The van der Waals surface area contributed by atoms with E-state index in [0.29, 0.717) is 24.3 Å². The number of carbonyl (C=O) groups is 1. The van der Waals surface area contributed by atoms with Crippen LogP contribution in [0, 0.1) is 19.8 Å². The molecule has 21 heavy (non-hydrogen) atoms. The first-order valence-corrected chi connectivity index (χ1v) is 8.17. The predicted molar refractivity (Wildman–Crippen MR) is 87.7 cm³/mol. The van der Waals surface area contributed by atoms with E-state index in [0.717, 1.165) is 35.7 Å². The molecule has 1 aliphatic rings. The van der Waals surface area contributed by atoms with E-state index in [9.17, 15) is 4.79 Å². The highest BCUT2D eigenvalue weighted by molar-refractivity contribution is 7.99. The van der Waals surface area contributed by atoms with E-state index in [-0.39, 0.29) is 18.3 Å². The summed E-state index contributed by atoms with van der Waals surface area (Å²) in [6.07, 6.45) is 1.02. The van der Waals surface area contributed by atoms with Gasteiger partial charge in [0, 0.05) is 23.9 Å². The molecule has 120 valence electrons. The molecule has 2 heterocycles. The molecule has 2 atom stereocenters. The van der Waals surface area contributed by atoms with E-state index in [1.54, 1.807) is 11.8 Å². The zero-order valence-electron chi connectivity index (χ0n) is 12.8. The number of amides is 1. The molecule has 0 bridgehead atoms. The average molecular weight is 334 g/mol. The van der Waals surface area contributed by atoms with Crippen LogP contribution in [0.5, 0.6) is 0 Å². The maximum absolute atomic E-state index is 12.2. The zero-order chi connectivity index (χ0) is 14.7. The second kappa shape index (κ2) is 8.06. The average Bonchev–Trinajstić information content (AvgIpc) is 2.95. The number of halogens is 1. The van der Waals surface area contributed by atoms with Gasteiger partial charge < -0.3 is 15.2 Å². The number of hydrogen-bond acceptors (Lipinski definition) is 5.